The molecule has 1 heterocycles. The van der Waals surface area contributed by atoms with E-state index in [0.717, 1.165) is 12.8 Å². The van der Waals surface area contributed by atoms with Gasteiger partial charge in [-0.3, -0.25) is 0 Å². The highest BCUT2D eigenvalue weighted by molar-refractivity contribution is 9.10. The molecule has 0 saturated heterocycles. The Labute approximate surface area is 80.3 Å². The SMILES string of the molecule is CCC(CC)n1nc(N)nc1Br. The van der Waals surface area contributed by atoms with Crippen LogP contribution in [0.2, 0.25) is 0 Å². The van der Waals surface area contributed by atoms with Gasteiger partial charge >= 0.3 is 0 Å². The third-order valence-electron chi connectivity index (χ3n) is 1.89. The van der Waals surface area contributed by atoms with Crippen molar-refractivity contribution in [3.63, 3.8) is 0 Å². The Hall–Kier alpha value is -0.580. The Balaban J connectivity index is 2.91. The number of aromatic nitrogens is 3. The van der Waals surface area contributed by atoms with Crippen molar-refractivity contribution < 1.29 is 0 Å². The molecule has 5 heteroatoms. The van der Waals surface area contributed by atoms with Gasteiger partial charge in [-0.15, -0.1) is 5.10 Å². The summed E-state index contributed by atoms with van der Waals surface area (Å²) < 4.78 is 2.55. The van der Waals surface area contributed by atoms with Crippen LogP contribution in [0.5, 0.6) is 0 Å². The van der Waals surface area contributed by atoms with E-state index in [9.17, 15) is 0 Å². The summed E-state index contributed by atoms with van der Waals surface area (Å²) in [5.41, 5.74) is 5.45. The minimum absolute atomic E-state index is 0.328. The van der Waals surface area contributed by atoms with E-state index in [0.29, 0.717) is 16.7 Å². The summed E-state index contributed by atoms with van der Waals surface area (Å²) in [6.07, 6.45) is 2.08. The fourth-order valence-corrected chi connectivity index (χ4v) is 1.74. The first kappa shape index (κ1) is 9.51. The monoisotopic (exact) mass is 232 g/mol. The van der Waals surface area contributed by atoms with Gasteiger partial charge in [0.25, 0.3) is 0 Å². The molecule has 0 bridgehead atoms. The van der Waals surface area contributed by atoms with E-state index >= 15 is 0 Å². The van der Waals surface area contributed by atoms with Gasteiger partial charge in [-0.05, 0) is 28.8 Å². The second-order valence-corrected chi connectivity index (χ2v) is 3.36. The predicted molar refractivity (Wildman–Crippen MR) is 51.8 cm³/mol. The van der Waals surface area contributed by atoms with Crippen LogP contribution in [0.3, 0.4) is 0 Å². The topological polar surface area (TPSA) is 56.7 Å². The molecule has 0 aliphatic rings. The molecular formula is C7H13BrN4. The van der Waals surface area contributed by atoms with Crippen molar-refractivity contribution in [1.29, 1.82) is 0 Å². The summed E-state index contributed by atoms with van der Waals surface area (Å²) in [7, 11) is 0. The van der Waals surface area contributed by atoms with Gasteiger partial charge in [0, 0.05) is 0 Å². The van der Waals surface area contributed by atoms with Gasteiger partial charge in [0.15, 0.2) is 4.73 Å². The Morgan fingerprint density at radius 1 is 1.50 bits per heavy atom. The lowest BCUT2D eigenvalue weighted by atomic mass is 10.2. The van der Waals surface area contributed by atoms with Crippen molar-refractivity contribution in [2.75, 3.05) is 5.73 Å². The lowest BCUT2D eigenvalue weighted by Gasteiger charge is -2.12. The van der Waals surface area contributed by atoms with Crippen LogP contribution in [0.25, 0.3) is 0 Å². The highest BCUT2D eigenvalue weighted by atomic mass is 79.9. The maximum Gasteiger partial charge on any atom is 0.240 e. The Morgan fingerprint density at radius 3 is 2.42 bits per heavy atom. The van der Waals surface area contributed by atoms with Gasteiger partial charge in [-0.2, -0.15) is 4.98 Å². The predicted octanol–water partition coefficient (Wildman–Crippen LogP) is 1.98. The van der Waals surface area contributed by atoms with Crippen LogP contribution in [0.1, 0.15) is 32.7 Å². The maximum atomic E-state index is 5.45. The Kier molecular flexibility index (Phi) is 3.08. The van der Waals surface area contributed by atoms with Crippen molar-refractivity contribution in [2.24, 2.45) is 0 Å². The molecule has 68 valence electrons. The molecule has 2 N–H and O–H groups in total. The third kappa shape index (κ3) is 1.77. The van der Waals surface area contributed by atoms with Crippen molar-refractivity contribution in [2.45, 2.75) is 32.7 Å². The van der Waals surface area contributed by atoms with Gasteiger partial charge in [0.1, 0.15) is 0 Å². The molecule has 4 nitrogen and oxygen atoms in total. The average molecular weight is 233 g/mol. The van der Waals surface area contributed by atoms with Gasteiger partial charge in [0.05, 0.1) is 6.04 Å². The van der Waals surface area contributed by atoms with Crippen molar-refractivity contribution in [3.8, 4) is 0 Å². The zero-order valence-electron chi connectivity index (χ0n) is 7.29. The quantitative estimate of drug-likeness (QED) is 0.868. The molecule has 0 unspecified atom stereocenters. The zero-order chi connectivity index (χ0) is 9.14. The number of nitrogens with two attached hydrogens (primary N) is 1. The summed E-state index contributed by atoms with van der Waals surface area (Å²) in [5, 5.41) is 4.09. The normalized spacial score (nSPS) is 11.0. The molecule has 12 heavy (non-hydrogen) atoms. The highest BCUT2D eigenvalue weighted by Crippen LogP contribution is 2.20. The maximum absolute atomic E-state index is 5.45. The highest BCUT2D eigenvalue weighted by Gasteiger charge is 2.12. The van der Waals surface area contributed by atoms with E-state index in [1.54, 1.807) is 0 Å². The number of nitrogen functional groups attached to an aromatic ring is 1. The third-order valence-corrected chi connectivity index (χ3v) is 2.44. The van der Waals surface area contributed by atoms with Crippen LogP contribution < -0.4 is 5.73 Å². The molecule has 0 aromatic carbocycles. The van der Waals surface area contributed by atoms with E-state index in [1.165, 1.54) is 0 Å². The Bertz CT molecular complexity index is 254. The second kappa shape index (κ2) is 3.89. The summed E-state index contributed by atoms with van der Waals surface area (Å²) in [5.74, 6) is 0.328. The molecule has 0 aliphatic heterocycles. The number of hydrogen-bond acceptors (Lipinski definition) is 3. The molecular weight excluding hydrogens is 220 g/mol. The first-order valence-corrected chi connectivity index (χ1v) is 4.85. The van der Waals surface area contributed by atoms with E-state index < -0.39 is 0 Å². The summed E-state index contributed by atoms with van der Waals surface area (Å²) in [4.78, 5) is 3.97. The molecule has 0 spiro atoms. The van der Waals surface area contributed by atoms with Gasteiger partial charge in [-0.1, -0.05) is 13.8 Å². The standard InChI is InChI=1S/C7H13BrN4/c1-3-5(4-2)12-6(8)10-7(9)11-12/h5H,3-4H2,1-2H3,(H2,9,11). The van der Waals surface area contributed by atoms with Gasteiger partial charge in [-0.25, -0.2) is 4.68 Å². The van der Waals surface area contributed by atoms with E-state index in [-0.39, 0.29) is 0 Å². The van der Waals surface area contributed by atoms with E-state index in [1.807, 2.05) is 4.68 Å². The number of anilines is 1. The number of hydrogen-bond donors (Lipinski definition) is 1. The fraction of sp³-hybridized carbons (Fsp3) is 0.714. The minimum Gasteiger partial charge on any atom is -0.366 e. The second-order valence-electron chi connectivity index (χ2n) is 2.65. The first-order valence-electron chi connectivity index (χ1n) is 4.06. The molecule has 0 radical (unpaired) electrons. The van der Waals surface area contributed by atoms with Crippen molar-refractivity contribution >= 4 is 21.9 Å². The molecule has 0 saturated carbocycles. The zero-order valence-corrected chi connectivity index (χ0v) is 8.87. The van der Waals surface area contributed by atoms with Gasteiger partial charge in [0.2, 0.25) is 5.95 Å². The van der Waals surface area contributed by atoms with Crippen LogP contribution >= 0.6 is 15.9 Å². The molecule has 0 atom stereocenters. The summed E-state index contributed by atoms with van der Waals surface area (Å²) >= 11 is 3.31. The number of nitrogens with zero attached hydrogens (tertiary/aromatic N) is 3. The van der Waals surface area contributed by atoms with E-state index in [2.05, 4.69) is 39.9 Å². The number of halogens is 1. The summed E-state index contributed by atoms with van der Waals surface area (Å²) in [6.45, 7) is 4.25. The van der Waals surface area contributed by atoms with Crippen LogP contribution in [-0.2, 0) is 0 Å². The van der Waals surface area contributed by atoms with Gasteiger partial charge < -0.3 is 5.73 Å². The fourth-order valence-electron chi connectivity index (χ4n) is 1.19. The molecule has 1 aromatic rings. The van der Waals surface area contributed by atoms with Crippen molar-refractivity contribution in [1.82, 2.24) is 14.8 Å². The smallest absolute Gasteiger partial charge is 0.240 e. The molecule has 0 fully saturated rings. The van der Waals surface area contributed by atoms with Crippen LogP contribution in [0.4, 0.5) is 5.95 Å². The largest absolute Gasteiger partial charge is 0.366 e. The molecule has 1 rings (SSSR count). The minimum atomic E-state index is 0.328. The lowest BCUT2D eigenvalue weighted by molar-refractivity contribution is 0.420. The van der Waals surface area contributed by atoms with E-state index in [4.69, 9.17) is 5.73 Å². The average Bonchev–Trinajstić information content (AvgIpc) is 2.34. The van der Waals surface area contributed by atoms with Crippen molar-refractivity contribution in [3.05, 3.63) is 4.73 Å². The lowest BCUT2D eigenvalue weighted by Crippen LogP contribution is -2.09. The molecule has 1 aromatic heterocycles. The molecule has 0 amide bonds. The molecule has 0 aliphatic carbocycles. The number of rotatable bonds is 3. The van der Waals surface area contributed by atoms with Crippen LogP contribution in [0, 0.1) is 0 Å². The van der Waals surface area contributed by atoms with Crippen LogP contribution in [0.15, 0.2) is 4.73 Å². The summed E-state index contributed by atoms with van der Waals surface area (Å²) in [6, 6.07) is 0.393. The Morgan fingerprint density at radius 2 is 2.08 bits per heavy atom. The van der Waals surface area contributed by atoms with Crippen LogP contribution in [-0.4, -0.2) is 14.8 Å². The first-order chi connectivity index (χ1) is 5.69.